The number of hydrogen-bond donors (Lipinski definition) is 0. The molecule has 2 heteroatoms. The van der Waals surface area contributed by atoms with Crippen LogP contribution in [0.4, 0.5) is 17.1 Å². The Bertz CT molecular complexity index is 2450. The van der Waals surface area contributed by atoms with Crippen LogP contribution in [0.15, 0.2) is 164 Å². The molecule has 0 unspecified atom stereocenters. The molecule has 0 radical (unpaired) electrons. The zero-order chi connectivity index (χ0) is 29.0. The van der Waals surface area contributed by atoms with Crippen LogP contribution in [0.5, 0.6) is 0 Å². The second-order valence-electron chi connectivity index (χ2n) is 11.3. The number of hydrogen-bond acceptors (Lipinski definition) is 2. The first kappa shape index (κ1) is 25.1. The fraction of sp³-hybridized carbons (Fsp3) is 0. The van der Waals surface area contributed by atoms with Crippen molar-refractivity contribution in [3.8, 4) is 11.1 Å². The molecule has 0 aliphatic heterocycles. The summed E-state index contributed by atoms with van der Waals surface area (Å²) in [6, 6.07) is 59.7. The number of rotatable bonds is 4. The van der Waals surface area contributed by atoms with Crippen molar-refractivity contribution in [2.24, 2.45) is 0 Å². The lowest BCUT2D eigenvalue weighted by atomic mass is 9.94. The molecule has 0 amide bonds. The van der Waals surface area contributed by atoms with E-state index in [1.54, 1.807) is 0 Å². The van der Waals surface area contributed by atoms with Crippen molar-refractivity contribution in [2.45, 2.75) is 0 Å². The van der Waals surface area contributed by atoms with Gasteiger partial charge < -0.3 is 4.90 Å². The Morgan fingerprint density at radius 3 is 1.43 bits per heavy atom. The van der Waals surface area contributed by atoms with Gasteiger partial charge in [0.25, 0.3) is 0 Å². The van der Waals surface area contributed by atoms with Gasteiger partial charge in [-0.2, -0.15) is 0 Å². The molecule has 1 aromatic heterocycles. The third-order valence-corrected chi connectivity index (χ3v) is 9.97. The van der Waals surface area contributed by atoms with E-state index in [0.29, 0.717) is 0 Å². The van der Waals surface area contributed by atoms with Gasteiger partial charge >= 0.3 is 0 Å². The third-order valence-electron chi connectivity index (χ3n) is 8.84. The van der Waals surface area contributed by atoms with E-state index < -0.39 is 0 Å². The molecule has 0 aliphatic carbocycles. The minimum atomic E-state index is 1.13. The smallest absolute Gasteiger partial charge is 0.0476 e. The largest absolute Gasteiger partial charge is 0.310 e. The summed E-state index contributed by atoms with van der Waals surface area (Å²) in [5, 5.41) is 10.3. The number of nitrogens with zero attached hydrogens (tertiary/aromatic N) is 1. The fourth-order valence-corrected chi connectivity index (χ4v) is 7.91. The van der Waals surface area contributed by atoms with Gasteiger partial charge in [-0.25, -0.2) is 0 Å². The molecule has 0 fully saturated rings. The van der Waals surface area contributed by atoms with Gasteiger partial charge in [0.05, 0.1) is 0 Å². The molecule has 0 saturated carbocycles. The van der Waals surface area contributed by atoms with Crippen molar-refractivity contribution in [1.82, 2.24) is 0 Å². The number of anilines is 3. The maximum Gasteiger partial charge on any atom is 0.0476 e. The van der Waals surface area contributed by atoms with E-state index in [-0.39, 0.29) is 0 Å². The van der Waals surface area contributed by atoms with E-state index in [0.717, 1.165) is 17.1 Å². The molecule has 9 aromatic rings. The Labute approximate surface area is 259 Å². The summed E-state index contributed by atoms with van der Waals surface area (Å²) < 4.78 is 2.62. The monoisotopic (exact) mass is 577 g/mol. The van der Waals surface area contributed by atoms with Crippen LogP contribution < -0.4 is 4.90 Å². The normalized spacial score (nSPS) is 11.6. The number of fused-ring (bicyclic) bond motifs is 9. The molecule has 0 bridgehead atoms. The lowest BCUT2D eigenvalue weighted by Crippen LogP contribution is -2.09. The summed E-state index contributed by atoms with van der Waals surface area (Å²) in [6.45, 7) is 0. The van der Waals surface area contributed by atoms with Crippen molar-refractivity contribution in [1.29, 1.82) is 0 Å². The maximum atomic E-state index is 2.40. The van der Waals surface area contributed by atoms with E-state index in [1.165, 1.54) is 63.6 Å². The highest BCUT2D eigenvalue weighted by Crippen LogP contribution is 2.43. The van der Waals surface area contributed by atoms with Gasteiger partial charge in [-0.05, 0) is 85.9 Å². The van der Waals surface area contributed by atoms with E-state index in [2.05, 4.69) is 169 Å². The van der Waals surface area contributed by atoms with Gasteiger partial charge in [-0.3, -0.25) is 0 Å². The highest BCUT2D eigenvalue weighted by molar-refractivity contribution is 7.25. The van der Waals surface area contributed by atoms with Gasteiger partial charge in [-0.1, -0.05) is 121 Å². The van der Waals surface area contributed by atoms with Crippen LogP contribution in [0.1, 0.15) is 0 Å². The fourth-order valence-electron chi connectivity index (χ4n) is 6.77. The summed E-state index contributed by atoms with van der Waals surface area (Å²) >= 11 is 1.86. The van der Waals surface area contributed by atoms with Gasteiger partial charge in [0.2, 0.25) is 0 Å². The molecule has 0 spiro atoms. The van der Waals surface area contributed by atoms with Crippen LogP contribution in [0.2, 0.25) is 0 Å². The Morgan fingerprint density at radius 1 is 0.295 bits per heavy atom. The Kier molecular flexibility index (Phi) is 5.75. The third kappa shape index (κ3) is 4.00. The lowest BCUT2D eigenvalue weighted by Gasteiger charge is -2.26. The standard InChI is InChI=1S/C42H27NS/c1-2-10-28(11-3-1)29-18-20-30(21-19-29)43(32-23-25-39-38-16-8-9-17-41(38)44-42(39)27-32)31-22-24-37-35-14-5-4-12-33(35)34-13-6-7-15-36(34)40(37)26-31/h1-27H. The van der Waals surface area contributed by atoms with Crippen LogP contribution in [0, 0.1) is 0 Å². The Morgan fingerprint density at radius 2 is 0.750 bits per heavy atom. The molecule has 8 aromatic carbocycles. The van der Waals surface area contributed by atoms with Crippen LogP contribution in [-0.2, 0) is 0 Å². The van der Waals surface area contributed by atoms with Gasteiger partial charge in [0.1, 0.15) is 0 Å². The van der Waals surface area contributed by atoms with Gasteiger partial charge in [0, 0.05) is 37.2 Å². The van der Waals surface area contributed by atoms with Gasteiger partial charge in [-0.15, -0.1) is 11.3 Å². The molecule has 1 heterocycles. The first-order valence-electron chi connectivity index (χ1n) is 15.0. The van der Waals surface area contributed by atoms with Crippen LogP contribution in [-0.4, -0.2) is 0 Å². The van der Waals surface area contributed by atoms with Crippen molar-refractivity contribution in [3.05, 3.63) is 164 Å². The van der Waals surface area contributed by atoms with Crippen molar-refractivity contribution in [2.75, 3.05) is 4.90 Å². The quantitative estimate of drug-likeness (QED) is 0.188. The second-order valence-corrected chi connectivity index (χ2v) is 12.4. The Balaban J connectivity index is 1.28. The van der Waals surface area contributed by atoms with E-state index >= 15 is 0 Å². The molecule has 206 valence electrons. The highest BCUT2D eigenvalue weighted by atomic mass is 32.1. The SMILES string of the molecule is c1ccc(-c2ccc(N(c3ccc4c(c3)sc3ccccc34)c3ccc4c5ccccc5c5ccccc5c4c3)cc2)cc1. The van der Waals surface area contributed by atoms with Crippen molar-refractivity contribution < 1.29 is 0 Å². The van der Waals surface area contributed by atoms with Crippen molar-refractivity contribution in [3.63, 3.8) is 0 Å². The zero-order valence-electron chi connectivity index (χ0n) is 23.9. The molecule has 0 N–H and O–H groups in total. The average molecular weight is 578 g/mol. The summed E-state index contributed by atoms with van der Waals surface area (Å²) in [5.74, 6) is 0. The molecule has 44 heavy (non-hydrogen) atoms. The minimum Gasteiger partial charge on any atom is -0.310 e. The molecule has 1 nitrogen and oxygen atoms in total. The van der Waals surface area contributed by atoms with Gasteiger partial charge in [0.15, 0.2) is 0 Å². The number of thiophene rings is 1. The molecule has 9 rings (SSSR count). The van der Waals surface area contributed by atoms with E-state index in [4.69, 9.17) is 0 Å². The maximum absolute atomic E-state index is 2.40. The zero-order valence-corrected chi connectivity index (χ0v) is 24.8. The van der Waals surface area contributed by atoms with Crippen LogP contribution in [0.3, 0.4) is 0 Å². The average Bonchev–Trinajstić information content (AvgIpc) is 3.47. The number of benzene rings is 8. The highest BCUT2D eigenvalue weighted by Gasteiger charge is 2.17. The molecule has 0 aliphatic rings. The molecular formula is C42H27NS. The summed E-state index contributed by atoms with van der Waals surface area (Å²) in [5.41, 5.74) is 5.87. The molecule has 0 atom stereocenters. The van der Waals surface area contributed by atoms with Crippen molar-refractivity contribution >= 4 is 80.9 Å². The predicted octanol–water partition coefficient (Wildman–Crippen LogP) is 12.7. The Hall–Kier alpha value is -5.44. The van der Waals surface area contributed by atoms with Crippen LogP contribution in [0.25, 0.3) is 63.6 Å². The second kappa shape index (κ2) is 10.1. The lowest BCUT2D eigenvalue weighted by molar-refractivity contribution is 1.30. The first-order chi connectivity index (χ1) is 21.8. The van der Waals surface area contributed by atoms with E-state index in [9.17, 15) is 0 Å². The minimum absolute atomic E-state index is 1.13. The summed E-state index contributed by atoms with van der Waals surface area (Å²) in [7, 11) is 0. The molecular weight excluding hydrogens is 551 g/mol. The summed E-state index contributed by atoms with van der Waals surface area (Å²) in [6.07, 6.45) is 0. The molecule has 0 saturated heterocycles. The predicted molar refractivity (Wildman–Crippen MR) is 192 cm³/mol. The topological polar surface area (TPSA) is 3.24 Å². The summed E-state index contributed by atoms with van der Waals surface area (Å²) in [4.78, 5) is 2.40. The van der Waals surface area contributed by atoms with E-state index in [1.807, 2.05) is 11.3 Å². The first-order valence-corrected chi connectivity index (χ1v) is 15.8. The van der Waals surface area contributed by atoms with Crippen LogP contribution >= 0.6 is 11.3 Å².